The topological polar surface area (TPSA) is 78.7 Å². The van der Waals surface area contributed by atoms with E-state index >= 15 is 0 Å². The number of carbonyl (C=O) groups excluding carboxylic acids is 1. The molecular formula is C13H15NO5. The van der Waals surface area contributed by atoms with Crippen LogP contribution in [0.2, 0.25) is 0 Å². The SMILES string of the molecule is CCOC1C(=O)CC1Oc1cc(C)ccc1[N+](=O)[O-]. The zero-order valence-electron chi connectivity index (χ0n) is 10.8. The van der Waals surface area contributed by atoms with Crippen LogP contribution in [-0.4, -0.2) is 29.5 Å². The van der Waals surface area contributed by atoms with E-state index in [4.69, 9.17) is 9.47 Å². The molecule has 2 unspecified atom stereocenters. The predicted molar refractivity (Wildman–Crippen MR) is 67.3 cm³/mol. The molecule has 0 radical (unpaired) electrons. The number of ether oxygens (including phenoxy) is 2. The van der Waals surface area contributed by atoms with Gasteiger partial charge in [-0.1, -0.05) is 6.07 Å². The number of carbonyl (C=O) groups is 1. The molecule has 0 aromatic heterocycles. The molecular weight excluding hydrogens is 250 g/mol. The van der Waals surface area contributed by atoms with Crippen LogP contribution in [0.15, 0.2) is 18.2 Å². The maximum atomic E-state index is 11.4. The Morgan fingerprint density at radius 3 is 2.79 bits per heavy atom. The Balaban J connectivity index is 2.17. The van der Waals surface area contributed by atoms with Crippen molar-refractivity contribution in [1.29, 1.82) is 0 Å². The highest BCUT2D eigenvalue weighted by Gasteiger charge is 2.43. The van der Waals surface area contributed by atoms with Crippen molar-refractivity contribution in [1.82, 2.24) is 0 Å². The van der Waals surface area contributed by atoms with Gasteiger partial charge in [-0.3, -0.25) is 14.9 Å². The summed E-state index contributed by atoms with van der Waals surface area (Å²) in [6, 6.07) is 4.65. The molecule has 0 amide bonds. The minimum Gasteiger partial charge on any atom is -0.480 e. The third kappa shape index (κ3) is 2.73. The summed E-state index contributed by atoms with van der Waals surface area (Å²) in [5.41, 5.74) is 0.763. The van der Waals surface area contributed by atoms with Crippen molar-refractivity contribution in [2.75, 3.05) is 6.61 Å². The zero-order chi connectivity index (χ0) is 14.0. The van der Waals surface area contributed by atoms with Crippen LogP contribution in [0.3, 0.4) is 0 Å². The normalized spacial score (nSPS) is 21.9. The van der Waals surface area contributed by atoms with E-state index in [0.29, 0.717) is 6.61 Å². The fraction of sp³-hybridized carbons (Fsp3) is 0.462. The fourth-order valence-electron chi connectivity index (χ4n) is 1.98. The average Bonchev–Trinajstić information content (AvgIpc) is 2.35. The molecule has 1 aromatic carbocycles. The first-order chi connectivity index (χ1) is 9.02. The van der Waals surface area contributed by atoms with E-state index in [2.05, 4.69) is 0 Å². The van der Waals surface area contributed by atoms with Gasteiger partial charge in [0.2, 0.25) is 0 Å². The van der Waals surface area contributed by atoms with E-state index in [1.54, 1.807) is 19.1 Å². The van der Waals surface area contributed by atoms with Gasteiger partial charge in [0, 0.05) is 19.1 Å². The highest BCUT2D eigenvalue weighted by atomic mass is 16.6. The molecule has 0 spiro atoms. The number of aryl methyl sites for hydroxylation is 1. The lowest BCUT2D eigenvalue weighted by atomic mass is 9.90. The smallest absolute Gasteiger partial charge is 0.310 e. The number of ketones is 1. The van der Waals surface area contributed by atoms with Crippen molar-refractivity contribution in [3.63, 3.8) is 0 Å². The Kier molecular flexibility index (Phi) is 3.80. The summed E-state index contributed by atoms with van der Waals surface area (Å²) >= 11 is 0. The minimum absolute atomic E-state index is 0.0258. The Labute approximate surface area is 110 Å². The number of rotatable bonds is 5. The number of nitro groups is 1. The molecule has 1 saturated carbocycles. The standard InChI is InChI=1S/C13H15NO5/c1-3-18-13-10(15)7-12(13)19-11-6-8(2)4-5-9(11)14(16)17/h4-6,12-13H,3,7H2,1-2H3. The maximum Gasteiger partial charge on any atom is 0.310 e. The molecule has 6 heteroatoms. The minimum atomic E-state index is -0.606. The molecule has 0 N–H and O–H groups in total. The van der Waals surface area contributed by atoms with E-state index in [-0.39, 0.29) is 23.6 Å². The summed E-state index contributed by atoms with van der Waals surface area (Å²) in [5, 5.41) is 10.9. The lowest BCUT2D eigenvalue weighted by Gasteiger charge is -2.34. The zero-order valence-corrected chi connectivity index (χ0v) is 10.8. The van der Waals surface area contributed by atoms with Crippen LogP contribution < -0.4 is 4.74 Å². The highest BCUT2D eigenvalue weighted by Crippen LogP contribution is 2.32. The van der Waals surface area contributed by atoms with Crippen molar-refractivity contribution in [2.45, 2.75) is 32.5 Å². The van der Waals surface area contributed by atoms with Gasteiger partial charge >= 0.3 is 5.69 Å². The van der Waals surface area contributed by atoms with Gasteiger partial charge in [0.1, 0.15) is 6.10 Å². The first-order valence-electron chi connectivity index (χ1n) is 6.09. The predicted octanol–water partition coefficient (Wildman–Crippen LogP) is 2.03. The van der Waals surface area contributed by atoms with E-state index in [9.17, 15) is 14.9 Å². The molecule has 6 nitrogen and oxygen atoms in total. The average molecular weight is 265 g/mol. The molecule has 2 atom stereocenters. The van der Waals surface area contributed by atoms with Crippen molar-refractivity contribution in [2.24, 2.45) is 0 Å². The Bertz CT molecular complexity index is 514. The summed E-state index contributed by atoms with van der Waals surface area (Å²) < 4.78 is 10.8. The molecule has 19 heavy (non-hydrogen) atoms. The molecule has 1 aliphatic carbocycles. The monoisotopic (exact) mass is 265 g/mol. The maximum absolute atomic E-state index is 11.4. The molecule has 0 saturated heterocycles. The molecule has 0 bridgehead atoms. The Morgan fingerprint density at radius 1 is 1.47 bits per heavy atom. The summed E-state index contributed by atoms with van der Waals surface area (Å²) in [6.07, 6.45) is -0.812. The van der Waals surface area contributed by atoms with Gasteiger partial charge < -0.3 is 9.47 Å². The van der Waals surface area contributed by atoms with Crippen molar-refractivity contribution in [3.8, 4) is 5.75 Å². The molecule has 0 heterocycles. The molecule has 1 fully saturated rings. The lowest BCUT2D eigenvalue weighted by Crippen LogP contribution is -2.52. The quantitative estimate of drug-likeness (QED) is 0.601. The molecule has 102 valence electrons. The van der Waals surface area contributed by atoms with Crippen molar-refractivity contribution >= 4 is 11.5 Å². The second-order valence-electron chi connectivity index (χ2n) is 4.43. The number of benzene rings is 1. The number of hydrogen-bond donors (Lipinski definition) is 0. The van der Waals surface area contributed by atoms with Gasteiger partial charge in [0.05, 0.1) is 4.92 Å². The van der Waals surface area contributed by atoms with Gasteiger partial charge in [-0.25, -0.2) is 0 Å². The van der Waals surface area contributed by atoms with Crippen LogP contribution in [-0.2, 0) is 9.53 Å². The first kappa shape index (κ1) is 13.5. The fourth-order valence-corrected chi connectivity index (χ4v) is 1.98. The van der Waals surface area contributed by atoms with E-state index in [1.165, 1.54) is 6.07 Å². The molecule has 2 rings (SSSR count). The van der Waals surface area contributed by atoms with Gasteiger partial charge in [0.15, 0.2) is 17.6 Å². The number of nitrogens with zero attached hydrogens (tertiary/aromatic N) is 1. The second-order valence-corrected chi connectivity index (χ2v) is 4.43. The summed E-state index contributed by atoms with van der Waals surface area (Å²) in [5.74, 6) is 0.161. The summed E-state index contributed by atoms with van der Waals surface area (Å²) in [4.78, 5) is 21.8. The van der Waals surface area contributed by atoms with Gasteiger partial charge in [-0.05, 0) is 25.5 Å². The number of Topliss-reactive ketones (excluding diaryl/α,β-unsaturated/α-hetero) is 1. The van der Waals surface area contributed by atoms with Crippen LogP contribution in [0, 0.1) is 17.0 Å². The molecule has 1 aromatic rings. The second kappa shape index (κ2) is 5.36. The number of hydrogen-bond acceptors (Lipinski definition) is 5. The summed E-state index contributed by atoms with van der Waals surface area (Å²) in [7, 11) is 0. The van der Waals surface area contributed by atoms with Gasteiger partial charge in [-0.15, -0.1) is 0 Å². The van der Waals surface area contributed by atoms with E-state index < -0.39 is 17.1 Å². The highest BCUT2D eigenvalue weighted by molar-refractivity contribution is 5.90. The van der Waals surface area contributed by atoms with Crippen LogP contribution in [0.25, 0.3) is 0 Å². The van der Waals surface area contributed by atoms with Crippen molar-refractivity contribution in [3.05, 3.63) is 33.9 Å². The van der Waals surface area contributed by atoms with Crippen LogP contribution in [0.4, 0.5) is 5.69 Å². The van der Waals surface area contributed by atoms with Crippen LogP contribution in [0.1, 0.15) is 18.9 Å². The van der Waals surface area contributed by atoms with E-state index in [1.807, 2.05) is 6.92 Å². The van der Waals surface area contributed by atoms with Crippen molar-refractivity contribution < 1.29 is 19.2 Å². The Hall–Kier alpha value is -1.95. The third-order valence-corrected chi connectivity index (χ3v) is 2.99. The van der Waals surface area contributed by atoms with Crippen LogP contribution >= 0.6 is 0 Å². The van der Waals surface area contributed by atoms with Gasteiger partial charge in [-0.2, -0.15) is 0 Å². The first-order valence-corrected chi connectivity index (χ1v) is 6.09. The van der Waals surface area contributed by atoms with Crippen LogP contribution in [0.5, 0.6) is 5.75 Å². The molecule has 1 aliphatic rings. The Morgan fingerprint density at radius 2 is 2.21 bits per heavy atom. The third-order valence-electron chi connectivity index (χ3n) is 2.99. The summed E-state index contributed by atoms with van der Waals surface area (Å²) in [6.45, 7) is 4.02. The number of nitro benzene ring substituents is 1. The largest absolute Gasteiger partial charge is 0.480 e. The van der Waals surface area contributed by atoms with E-state index in [0.717, 1.165) is 5.56 Å². The molecule has 0 aliphatic heterocycles. The lowest BCUT2D eigenvalue weighted by molar-refractivity contribution is -0.386. The van der Waals surface area contributed by atoms with Gasteiger partial charge in [0.25, 0.3) is 0 Å².